The summed E-state index contributed by atoms with van der Waals surface area (Å²) in [6, 6.07) is 5.61. The lowest BCUT2D eigenvalue weighted by Crippen LogP contribution is -2.56. The molecule has 1 heterocycles. The number of carbonyl (C=O) groups is 1. The monoisotopic (exact) mass is 497 g/mol. The first kappa shape index (κ1) is 23.9. The highest BCUT2D eigenvalue weighted by Gasteiger charge is 2.62. The second-order valence-corrected chi connectivity index (χ2v) is 13.1. The summed E-state index contributed by atoms with van der Waals surface area (Å²) in [6.45, 7) is 6.06. The van der Waals surface area contributed by atoms with Crippen molar-refractivity contribution in [1.29, 1.82) is 0 Å². The number of ketones is 1. The summed E-state index contributed by atoms with van der Waals surface area (Å²) < 4.78 is 5.94. The van der Waals surface area contributed by atoms with E-state index in [9.17, 15) is 4.79 Å². The van der Waals surface area contributed by atoms with Crippen LogP contribution in [-0.2, 0) is 16.1 Å². The highest BCUT2D eigenvalue weighted by Crippen LogP contribution is 2.68. The highest BCUT2D eigenvalue weighted by atomic mass is 35.5. The Morgan fingerprint density at radius 1 is 1.11 bits per heavy atom. The fourth-order valence-electron chi connectivity index (χ4n) is 9.61. The van der Waals surface area contributed by atoms with Crippen molar-refractivity contribution < 1.29 is 9.53 Å². The molecule has 0 radical (unpaired) electrons. The molecule has 0 aliphatic heterocycles. The molecule has 0 N–H and O–H groups in total. The van der Waals surface area contributed by atoms with Crippen LogP contribution in [0.4, 0.5) is 0 Å². The van der Waals surface area contributed by atoms with Crippen LogP contribution < -0.4 is 0 Å². The summed E-state index contributed by atoms with van der Waals surface area (Å²) in [6.07, 6.45) is 11.4. The summed E-state index contributed by atoms with van der Waals surface area (Å²) in [5.74, 6) is 4.26. The molecule has 35 heavy (non-hydrogen) atoms. The van der Waals surface area contributed by atoms with Crippen LogP contribution in [0.5, 0.6) is 0 Å². The Morgan fingerprint density at radius 2 is 1.97 bits per heavy atom. The fraction of sp³-hybridized carbons (Fsp3) is 0.759. The highest BCUT2D eigenvalue weighted by molar-refractivity contribution is 6.34. The van der Waals surface area contributed by atoms with E-state index in [1.807, 2.05) is 25.3 Å². The average molecular weight is 498 g/mol. The molecule has 1 aromatic carbocycles. The Kier molecular flexibility index (Phi) is 6.03. The van der Waals surface area contributed by atoms with E-state index in [4.69, 9.17) is 16.3 Å². The molecule has 4 aliphatic rings. The van der Waals surface area contributed by atoms with E-state index in [0.717, 1.165) is 42.2 Å². The summed E-state index contributed by atoms with van der Waals surface area (Å²) in [5.41, 5.74) is 1.90. The van der Waals surface area contributed by atoms with Crippen molar-refractivity contribution >= 4 is 28.4 Å². The van der Waals surface area contributed by atoms with Crippen LogP contribution in [0.3, 0.4) is 0 Å². The molecule has 5 nitrogen and oxygen atoms in total. The first-order valence-electron chi connectivity index (χ1n) is 13.9. The molecule has 190 valence electrons. The first-order valence-corrected chi connectivity index (χ1v) is 14.2. The minimum Gasteiger partial charge on any atom is -0.384 e. The van der Waals surface area contributed by atoms with Crippen molar-refractivity contribution in [2.45, 2.75) is 78.2 Å². The normalized spacial score (nSPS) is 40.8. The van der Waals surface area contributed by atoms with Gasteiger partial charge in [-0.25, -0.2) is 0 Å². The van der Waals surface area contributed by atoms with Gasteiger partial charge in [0.2, 0.25) is 0 Å². The largest absolute Gasteiger partial charge is 0.384 e. The second kappa shape index (κ2) is 8.83. The van der Waals surface area contributed by atoms with Crippen molar-refractivity contribution in [3.05, 3.63) is 23.2 Å². The standard InChI is InChI=1S/C29H40ClN3O2/c1-18-11-14-29(17-35-3)19(15-18)7-8-20-21-9-10-23(28(21,2)13-12-22(20)29)26(34)16-33-31-25-6-4-5-24(30)27(25)32-33/h4-6,18-23H,7-17H2,1-3H3. The van der Waals surface area contributed by atoms with Gasteiger partial charge >= 0.3 is 0 Å². The zero-order valence-corrected chi connectivity index (χ0v) is 22.3. The Balaban J connectivity index is 1.23. The van der Waals surface area contributed by atoms with Crippen LogP contribution in [0.2, 0.25) is 5.02 Å². The third kappa shape index (κ3) is 3.70. The number of carbonyl (C=O) groups excluding carboxylic acids is 1. The molecular weight excluding hydrogens is 458 g/mol. The van der Waals surface area contributed by atoms with E-state index in [0.29, 0.717) is 27.7 Å². The van der Waals surface area contributed by atoms with Gasteiger partial charge in [-0.1, -0.05) is 37.9 Å². The van der Waals surface area contributed by atoms with Gasteiger partial charge in [0, 0.05) is 13.0 Å². The minimum absolute atomic E-state index is 0.103. The fourth-order valence-corrected chi connectivity index (χ4v) is 9.82. The molecular formula is C29H40ClN3O2. The van der Waals surface area contributed by atoms with Crippen LogP contribution in [0.25, 0.3) is 11.0 Å². The number of benzene rings is 1. The van der Waals surface area contributed by atoms with Crippen molar-refractivity contribution in [3.8, 4) is 0 Å². The molecule has 4 aliphatic carbocycles. The Bertz CT molecular complexity index is 1120. The van der Waals surface area contributed by atoms with Crippen molar-refractivity contribution in [3.63, 3.8) is 0 Å². The third-order valence-electron chi connectivity index (χ3n) is 11.1. The number of Topliss-reactive ketones (excluding diaryl/α,β-unsaturated/α-hetero) is 1. The van der Waals surface area contributed by atoms with Gasteiger partial charge in [-0.3, -0.25) is 4.79 Å². The van der Waals surface area contributed by atoms with E-state index < -0.39 is 0 Å². The molecule has 0 amide bonds. The van der Waals surface area contributed by atoms with Gasteiger partial charge in [0.05, 0.1) is 11.6 Å². The summed E-state index contributed by atoms with van der Waals surface area (Å²) in [7, 11) is 1.91. The molecule has 2 aromatic rings. The van der Waals surface area contributed by atoms with E-state index in [1.54, 1.807) is 4.80 Å². The average Bonchev–Trinajstić information content (AvgIpc) is 3.40. The lowest BCUT2D eigenvalue weighted by Gasteiger charge is -2.61. The van der Waals surface area contributed by atoms with E-state index in [1.165, 1.54) is 51.4 Å². The van der Waals surface area contributed by atoms with Crippen LogP contribution in [-0.4, -0.2) is 34.5 Å². The van der Waals surface area contributed by atoms with Gasteiger partial charge in [-0.05, 0) is 104 Å². The number of hydrogen-bond donors (Lipinski definition) is 0. The zero-order chi connectivity index (χ0) is 24.4. The molecule has 1 aromatic heterocycles. The number of methoxy groups -OCH3 is 1. The minimum atomic E-state index is 0.103. The molecule has 8 unspecified atom stereocenters. The van der Waals surface area contributed by atoms with Crippen LogP contribution in [0.1, 0.15) is 71.6 Å². The van der Waals surface area contributed by atoms with Gasteiger partial charge < -0.3 is 4.74 Å². The quantitative estimate of drug-likeness (QED) is 0.468. The lowest BCUT2D eigenvalue weighted by molar-refractivity contribution is -0.154. The molecule has 8 atom stereocenters. The summed E-state index contributed by atoms with van der Waals surface area (Å²) in [5, 5.41) is 9.67. The predicted octanol–water partition coefficient (Wildman–Crippen LogP) is 6.58. The van der Waals surface area contributed by atoms with Gasteiger partial charge in [0.15, 0.2) is 5.78 Å². The van der Waals surface area contributed by atoms with E-state index in [-0.39, 0.29) is 17.9 Å². The lowest BCUT2D eigenvalue weighted by atomic mass is 9.44. The van der Waals surface area contributed by atoms with Crippen LogP contribution >= 0.6 is 11.6 Å². The Labute approximate surface area is 214 Å². The molecule has 0 saturated heterocycles. The summed E-state index contributed by atoms with van der Waals surface area (Å²) >= 11 is 6.29. The SMILES string of the molecule is COCC12CCC(C)CC1CCC1C3CCC(C(=O)Cn4nc5cccc(Cl)c5n4)C3(C)CCC12. The van der Waals surface area contributed by atoms with Gasteiger partial charge in [0.25, 0.3) is 0 Å². The maximum Gasteiger partial charge on any atom is 0.159 e. The third-order valence-corrected chi connectivity index (χ3v) is 11.4. The smallest absolute Gasteiger partial charge is 0.159 e. The number of fused-ring (bicyclic) bond motifs is 6. The van der Waals surface area contributed by atoms with E-state index in [2.05, 4.69) is 24.0 Å². The Hall–Kier alpha value is -1.46. The van der Waals surface area contributed by atoms with Gasteiger partial charge in [-0.2, -0.15) is 15.0 Å². The molecule has 0 spiro atoms. The number of aromatic nitrogens is 3. The Morgan fingerprint density at radius 3 is 2.77 bits per heavy atom. The maximum atomic E-state index is 13.7. The number of rotatable bonds is 5. The van der Waals surface area contributed by atoms with E-state index >= 15 is 0 Å². The van der Waals surface area contributed by atoms with Crippen LogP contribution in [0, 0.1) is 46.3 Å². The number of nitrogens with zero attached hydrogens (tertiary/aromatic N) is 3. The first-order chi connectivity index (χ1) is 16.9. The topological polar surface area (TPSA) is 57.0 Å². The molecule has 4 fully saturated rings. The predicted molar refractivity (Wildman–Crippen MR) is 138 cm³/mol. The molecule has 0 bridgehead atoms. The molecule has 4 saturated carbocycles. The zero-order valence-electron chi connectivity index (χ0n) is 21.5. The van der Waals surface area contributed by atoms with Gasteiger partial charge in [-0.15, -0.1) is 0 Å². The van der Waals surface area contributed by atoms with Crippen molar-refractivity contribution in [1.82, 2.24) is 15.0 Å². The van der Waals surface area contributed by atoms with Crippen molar-refractivity contribution in [2.24, 2.45) is 46.3 Å². The second-order valence-electron chi connectivity index (χ2n) is 12.7. The van der Waals surface area contributed by atoms with Crippen molar-refractivity contribution in [2.75, 3.05) is 13.7 Å². The molecule has 6 heteroatoms. The van der Waals surface area contributed by atoms with Gasteiger partial charge in [0.1, 0.15) is 17.6 Å². The number of halogens is 1. The molecule has 6 rings (SSSR count). The maximum absolute atomic E-state index is 13.7. The van der Waals surface area contributed by atoms with Crippen LogP contribution in [0.15, 0.2) is 18.2 Å². The number of ether oxygens (including phenoxy) is 1. The summed E-state index contributed by atoms with van der Waals surface area (Å²) in [4.78, 5) is 15.2. The number of hydrogen-bond acceptors (Lipinski definition) is 4.